The number of pyridine rings is 1. The topological polar surface area (TPSA) is 59.9 Å². The van der Waals surface area contributed by atoms with Gasteiger partial charge in [-0.25, -0.2) is 9.97 Å². The van der Waals surface area contributed by atoms with Gasteiger partial charge in [0.25, 0.3) is 0 Å². The summed E-state index contributed by atoms with van der Waals surface area (Å²) in [6, 6.07) is 1.97. The Morgan fingerprint density at radius 1 is 1.20 bits per heavy atom. The predicted octanol–water partition coefficient (Wildman–Crippen LogP) is 2.93. The molecule has 0 bridgehead atoms. The standard InChI is InChI=1S/C15H20N4O/c1-4-6-13-14(18-10-19-15(13)16-3)11-7-12(20-5-2)9-17-8-11/h7-10H,4-6H2,1-3H3,(H,16,18,19). The van der Waals surface area contributed by atoms with E-state index in [4.69, 9.17) is 4.74 Å². The van der Waals surface area contributed by atoms with E-state index in [1.54, 1.807) is 12.5 Å². The average molecular weight is 272 g/mol. The number of nitrogens with one attached hydrogen (secondary N) is 1. The predicted molar refractivity (Wildman–Crippen MR) is 80.0 cm³/mol. The third kappa shape index (κ3) is 3.04. The summed E-state index contributed by atoms with van der Waals surface area (Å²) in [5.41, 5.74) is 2.99. The molecule has 0 spiro atoms. The molecule has 106 valence electrons. The molecule has 0 aliphatic heterocycles. The molecule has 5 heteroatoms. The Hall–Kier alpha value is -2.17. The summed E-state index contributed by atoms with van der Waals surface area (Å²) in [5, 5.41) is 3.13. The highest BCUT2D eigenvalue weighted by Crippen LogP contribution is 2.28. The van der Waals surface area contributed by atoms with Crippen molar-refractivity contribution in [1.82, 2.24) is 15.0 Å². The van der Waals surface area contributed by atoms with E-state index in [0.717, 1.165) is 41.2 Å². The van der Waals surface area contributed by atoms with Gasteiger partial charge < -0.3 is 10.1 Å². The van der Waals surface area contributed by atoms with Crippen LogP contribution in [0.2, 0.25) is 0 Å². The van der Waals surface area contributed by atoms with Crippen molar-refractivity contribution < 1.29 is 4.74 Å². The minimum Gasteiger partial charge on any atom is -0.492 e. The Morgan fingerprint density at radius 2 is 2.05 bits per heavy atom. The van der Waals surface area contributed by atoms with Gasteiger partial charge >= 0.3 is 0 Å². The molecule has 0 fully saturated rings. The monoisotopic (exact) mass is 272 g/mol. The lowest BCUT2D eigenvalue weighted by Gasteiger charge is -2.12. The van der Waals surface area contributed by atoms with Crippen LogP contribution in [0, 0.1) is 0 Å². The smallest absolute Gasteiger partial charge is 0.138 e. The minimum atomic E-state index is 0.624. The van der Waals surface area contributed by atoms with Crippen LogP contribution in [0.3, 0.4) is 0 Å². The van der Waals surface area contributed by atoms with E-state index < -0.39 is 0 Å². The highest BCUT2D eigenvalue weighted by molar-refractivity contribution is 5.68. The summed E-state index contributed by atoms with van der Waals surface area (Å²) in [6.45, 7) is 4.72. The quantitative estimate of drug-likeness (QED) is 0.876. The van der Waals surface area contributed by atoms with Crippen molar-refractivity contribution in [2.75, 3.05) is 19.0 Å². The molecule has 0 amide bonds. The van der Waals surface area contributed by atoms with Gasteiger partial charge in [0.05, 0.1) is 18.5 Å². The van der Waals surface area contributed by atoms with Crippen molar-refractivity contribution >= 4 is 5.82 Å². The number of hydrogen-bond donors (Lipinski definition) is 1. The van der Waals surface area contributed by atoms with Gasteiger partial charge in [-0.2, -0.15) is 0 Å². The summed E-state index contributed by atoms with van der Waals surface area (Å²) < 4.78 is 5.50. The lowest BCUT2D eigenvalue weighted by molar-refractivity contribution is 0.339. The van der Waals surface area contributed by atoms with E-state index in [1.165, 1.54) is 0 Å². The van der Waals surface area contributed by atoms with Crippen LogP contribution in [0.4, 0.5) is 5.82 Å². The molecule has 2 aromatic rings. The van der Waals surface area contributed by atoms with Crippen molar-refractivity contribution in [2.24, 2.45) is 0 Å². The molecule has 2 aromatic heterocycles. The van der Waals surface area contributed by atoms with Crippen LogP contribution in [0.15, 0.2) is 24.8 Å². The zero-order valence-corrected chi connectivity index (χ0v) is 12.2. The Bertz CT molecular complexity index is 572. The molecule has 0 unspecified atom stereocenters. The molecule has 2 rings (SSSR count). The molecule has 1 N–H and O–H groups in total. The Morgan fingerprint density at radius 3 is 2.75 bits per heavy atom. The van der Waals surface area contributed by atoms with Crippen molar-refractivity contribution in [2.45, 2.75) is 26.7 Å². The Labute approximate surface area is 119 Å². The van der Waals surface area contributed by atoms with Crippen LogP contribution in [0.1, 0.15) is 25.8 Å². The van der Waals surface area contributed by atoms with Crippen LogP contribution in [-0.4, -0.2) is 28.6 Å². The molecule has 0 atom stereocenters. The lowest BCUT2D eigenvalue weighted by atomic mass is 10.0. The molecule has 20 heavy (non-hydrogen) atoms. The number of hydrogen-bond acceptors (Lipinski definition) is 5. The largest absolute Gasteiger partial charge is 0.492 e. The van der Waals surface area contributed by atoms with Crippen LogP contribution < -0.4 is 10.1 Å². The fraction of sp³-hybridized carbons (Fsp3) is 0.400. The van der Waals surface area contributed by atoms with Crippen molar-refractivity contribution in [1.29, 1.82) is 0 Å². The van der Waals surface area contributed by atoms with Crippen molar-refractivity contribution in [3.05, 3.63) is 30.4 Å². The zero-order valence-electron chi connectivity index (χ0n) is 12.2. The Kier molecular flexibility index (Phi) is 4.87. The van der Waals surface area contributed by atoms with Crippen molar-refractivity contribution in [3.63, 3.8) is 0 Å². The second kappa shape index (κ2) is 6.84. The number of rotatable bonds is 6. The molecule has 2 heterocycles. The number of aromatic nitrogens is 3. The molecule has 0 aliphatic rings. The van der Waals surface area contributed by atoms with Crippen LogP contribution in [0.5, 0.6) is 5.75 Å². The lowest BCUT2D eigenvalue weighted by Crippen LogP contribution is -2.03. The summed E-state index contributed by atoms with van der Waals surface area (Å²) in [4.78, 5) is 12.9. The van der Waals surface area contributed by atoms with Gasteiger partial charge in [0.1, 0.15) is 17.9 Å². The first-order valence-corrected chi connectivity index (χ1v) is 6.90. The van der Waals surface area contributed by atoms with Crippen LogP contribution in [0.25, 0.3) is 11.3 Å². The minimum absolute atomic E-state index is 0.624. The first kappa shape index (κ1) is 14.2. The van der Waals surface area contributed by atoms with E-state index in [0.29, 0.717) is 6.61 Å². The van der Waals surface area contributed by atoms with Crippen molar-refractivity contribution in [3.8, 4) is 17.0 Å². The summed E-state index contributed by atoms with van der Waals surface area (Å²) in [5.74, 6) is 1.63. The van der Waals surface area contributed by atoms with Gasteiger partial charge in [0.15, 0.2) is 0 Å². The number of ether oxygens (including phenoxy) is 1. The second-order valence-corrected chi connectivity index (χ2v) is 4.39. The first-order chi connectivity index (χ1) is 9.80. The molecule has 0 aromatic carbocycles. The maximum atomic E-state index is 5.50. The normalized spacial score (nSPS) is 10.3. The number of anilines is 1. The second-order valence-electron chi connectivity index (χ2n) is 4.39. The highest BCUT2D eigenvalue weighted by Gasteiger charge is 2.12. The molecule has 0 saturated carbocycles. The summed E-state index contributed by atoms with van der Waals surface area (Å²) in [6.07, 6.45) is 7.06. The van der Waals surface area contributed by atoms with E-state index in [1.807, 2.05) is 26.2 Å². The maximum Gasteiger partial charge on any atom is 0.138 e. The van der Waals surface area contributed by atoms with Crippen LogP contribution in [-0.2, 0) is 6.42 Å². The molecular weight excluding hydrogens is 252 g/mol. The van der Waals surface area contributed by atoms with Gasteiger partial charge in [-0.05, 0) is 19.4 Å². The SMILES string of the molecule is CCCc1c(NC)ncnc1-c1cncc(OCC)c1. The molecule has 0 radical (unpaired) electrons. The highest BCUT2D eigenvalue weighted by atomic mass is 16.5. The van der Waals surface area contributed by atoms with E-state index in [2.05, 4.69) is 27.2 Å². The maximum absolute atomic E-state index is 5.50. The fourth-order valence-corrected chi connectivity index (χ4v) is 2.16. The summed E-state index contributed by atoms with van der Waals surface area (Å²) >= 11 is 0. The van der Waals surface area contributed by atoms with E-state index in [-0.39, 0.29) is 0 Å². The molecule has 5 nitrogen and oxygen atoms in total. The first-order valence-electron chi connectivity index (χ1n) is 6.90. The van der Waals surface area contributed by atoms with Gasteiger partial charge in [0.2, 0.25) is 0 Å². The van der Waals surface area contributed by atoms with Crippen LogP contribution >= 0.6 is 0 Å². The third-order valence-electron chi connectivity index (χ3n) is 2.98. The van der Waals surface area contributed by atoms with Gasteiger partial charge in [-0.15, -0.1) is 0 Å². The average Bonchev–Trinajstić information content (AvgIpc) is 2.48. The van der Waals surface area contributed by atoms with E-state index in [9.17, 15) is 0 Å². The van der Waals surface area contributed by atoms with E-state index >= 15 is 0 Å². The molecular formula is C15H20N4O. The molecule has 0 aliphatic carbocycles. The fourth-order valence-electron chi connectivity index (χ4n) is 2.16. The zero-order chi connectivity index (χ0) is 14.4. The van der Waals surface area contributed by atoms with Gasteiger partial charge in [-0.1, -0.05) is 13.3 Å². The third-order valence-corrected chi connectivity index (χ3v) is 2.98. The molecule has 0 saturated heterocycles. The summed E-state index contributed by atoms with van der Waals surface area (Å²) in [7, 11) is 1.88. The van der Waals surface area contributed by atoms with Gasteiger partial charge in [-0.3, -0.25) is 4.98 Å². The number of nitrogens with zero attached hydrogens (tertiary/aromatic N) is 3. The van der Waals surface area contributed by atoms with Gasteiger partial charge in [0, 0.05) is 24.4 Å². The Balaban J connectivity index is 2.48.